The van der Waals surface area contributed by atoms with E-state index in [0.717, 1.165) is 116 Å². The number of hydrogen-bond donors (Lipinski definition) is 7. The fourth-order valence-corrected chi connectivity index (χ4v) is 7.80. The average molecular weight is 991 g/mol. The van der Waals surface area contributed by atoms with Crippen molar-refractivity contribution in [1.82, 2.24) is 0 Å². The number of rotatable bonds is 41. The van der Waals surface area contributed by atoms with E-state index in [-0.39, 0.29) is 19.6 Å². The van der Waals surface area contributed by atoms with Gasteiger partial charge in [0.25, 0.3) is 0 Å². The molecule has 0 bridgehead atoms. The zero-order chi connectivity index (χ0) is 50.9. The lowest BCUT2D eigenvalue weighted by atomic mass is 9.98. The topological polar surface area (TPSA) is 214 Å². The molecule has 11 unspecified atom stereocenters. The summed E-state index contributed by atoms with van der Waals surface area (Å²) in [5.74, 6) is -0.400. The summed E-state index contributed by atoms with van der Waals surface area (Å²) in [6.07, 6.45) is 37.8. The van der Waals surface area contributed by atoms with Crippen LogP contribution in [0.25, 0.3) is 0 Å². The van der Waals surface area contributed by atoms with Gasteiger partial charge >= 0.3 is 5.97 Å². The van der Waals surface area contributed by atoms with Crippen LogP contribution in [-0.4, -0.2) is 142 Å². The highest BCUT2D eigenvalue weighted by Gasteiger charge is 2.47. The van der Waals surface area contributed by atoms with Crippen LogP contribution in [0.3, 0.4) is 0 Å². The Hall–Kier alpha value is -2.83. The van der Waals surface area contributed by atoms with Gasteiger partial charge in [-0.15, -0.1) is 0 Å². The highest BCUT2D eigenvalue weighted by Crippen LogP contribution is 2.26. The van der Waals surface area contributed by atoms with Gasteiger partial charge in [-0.05, 0) is 83.5 Å². The zero-order valence-electron chi connectivity index (χ0n) is 42.7. The Morgan fingerprint density at radius 2 is 0.929 bits per heavy atom. The highest BCUT2D eigenvalue weighted by molar-refractivity contribution is 5.69. The summed E-state index contributed by atoms with van der Waals surface area (Å²) in [6.45, 7) is 3.45. The van der Waals surface area contributed by atoms with Gasteiger partial charge in [0, 0.05) is 13.0 Å². The van der Waals surface area contributed by atoms with E-state index in [4.69, 9.17) is 28.4 Å². The normalized spacial score (nSPS) is 26.2. The quantitative estimate of drug-likeness (QED) is 0.0174. The predicted molar refractivity (Wildman–Crippen MR) is 275 cm³/mol. The van der Waals surface area contributed by atoms with Gasteiger partial charge in [0.1, 0.15) is 54.9 Å². The molecule has 2 heterocycles. The molecule has 14 heteroatoms. The number of ether oxygens (including phenoxy) is 6. The monoisotopic (exact) mass is 991 g/mol. The maximum absolute atomic E-state index is 13.0. The van der Waals surface area contributed by atoms with Gasteiger partial charge in [0.05, 0.1) is 26.4 Å². The molecule has 2 rings (SSSR count). The van der Waals surface area contributed by atoms with Gasteiger partial charge in [-0.25, -0.2) is 0 Å². The smallest absolute Gasteiger partial charge is 0.306 e. The summed E-state index contributed by atoms with van der Waals surface area (Å²) in [6, 6.07) is 0. The van der Waals surface area contributed by atoms with Crippen LogP contribution in [0.4, 0.5) is 0 Å². The minimum absolute atomic E-state index is 0.0404. The third-order valence-corrected chi connectivity index (χ3v) is 12.1. The van der Waals surface area contributed by atoms with Crippen molar-refractivity contribution in [2.45, 2.75) is 229 Å². The molecule has 7 N–H and O–H groups in total. The number of esters is 1. The van der Waals surface area contributed by atoms with E-state index in [2.05, 4.69) is 98.9 Å². The van der Waals surface area contributed by atoms with Gasteiger partial charge in [0.15, 0.2) is 12.6 Å². The summed E-state index contributed by atoms with van der Waals surface area (Å²) in [5.41, 5.74) is 0. The van der Waals surface area contributed by atoms with Gasteiger partial charge in [-0.2, -0.15) is 0 Å². The van der Waals surface area contributed by atoms with Crippen LogP contribution in [0.5, 0.6) is 0 Å². The molecule has 402 valence electrons. The minimum Gasteiger partial charge on any atom is -0.457 e. The standard InChI is InChI=1S/C56H94O14/c1-3-5-7-9-11-13-15-17-19-20-21-22-23-24-25-26-28-30-32-34-36-38-40-65-42-45(68-48(58)39-37-35-33-31-29-27-18-16-14-12-10-8-6-4-2)43-66-55-54(64)52(62)50(60)47(70-55)44-67-56-53(63)51(61)49(59)46(41-57)69-56/h5,7,10-13,16-19,21-22,24-25,45-47,49-57,59-64H,3-4,6,8-9,14-15,20,23,26-44H2,1-2H3/b7-5-,12-10-,13-11-,18-16-,19-17-,22-21-,25-24-. The molecule has 14 nitrogen and oxygen atoms in total. The van der Waals surface area contributed by atoms with Crippen molar-refractivity contribution in [2.24, 2.45) is 0 Å². The van der Waals surface area contributed by atoms with Crippen LogP contribution in [0.15, 0.2) is 85.1 Å². The lowest BCUT2D eigenvalue weighted by molar-refractivity contribution is -0.332. The van der Waals surface area contributed by atoms with E-state index in [1.807, 2.05) is 0 Å². The molecule has 2 saturated heterocycles. The Bertz CT molecular complexity index is 1480. The molecule has 0 spiro atoms. The molecule has 0 aromatic carbocycles. The number of unbranched alkanes of at least 4 members (excludes halogenated alkanes) is 13. The summed E-state index contributed by atoms with van der Waals surface area (Å²) in [5, 5.41) is 72.2. The van der Waals surface area contributed by atoms with Gasteiger partial charge in [-0.3, -0.25) is 4.79 Å². The van der Waals surface area contributed by atoms with E-state index in [9.17, 15) is 40.5 Å². The van der Waals surface area contributed by atoms with Gasteiger partial charge < -0.3 is 64.2 Å². The van der Waals surface area contributed by atoms with Crippen molar-refractivity contribution in [1.29, 1.82) is 0 Å². The molecular weight excluding hydrogens is 897 g/mol. The van der Waals surface area contributed by atoms with Crippen LogP contribution in [0.1, 0.15) is 162 Å². The number of carbonyl (C=O) groups excluding carboxylic acids is 1. The molecule has 2 fully saturated rings. The number of aliphatic hydroxyl groups excluding tert-OH is 7. The fraction of sp³-hybridized carbons (Fsp3) is 0.732. The van der Waals surface area contributed by atoms with Crippen LogP contribution >= 0.6 is 0 Å². The first-order valence-electron chi connectivity index (χ1n) is 26.7. The van der Waals surface area contributed by atoms with Crippen molar-refractivity contribution in [2.75, 3.05) is 33.0 Å². The number of carbonyl (C=O) groups is 1. The number of allylic oxidation sites excluding steroid dienone is 14. The first kappa shape index (κ1) is 63.3. The second-order valence-electron chi connectivity index (χ2n) is 18.3. The number of hydrogen-bond acceptors (Lipinski definition) is 14. The zero-order valence-corrected chi connectivity index (χ0v) is 42.7. The Kier molecular flexibility index (Phi) is 38.6. The Balaban J connectivity index is 1.76. The first-order valence-corrected chi connectivity index (χ1v) is 26.7. The van der Waals surface area contributed by atoms with Crippen molar-refractivity contribution < 1.29 is 69.0 Å². The maximum atomic E-state index is 13.0. The third-order valence-electron chi connectivity index (χ3n) is 12.1. The second kappa shape index (κ2) is 42.7. The molecule has 0 amide bonds. The van der Waals surface area contributed by atoms with Crippen molar-refractivity contribution in [3.8, 4) is 0 Å². The molecule has 11 atom stereocenters. The van der Waals surface area contributed by atoms with Crippen molar-refractivity contribution in [3.63, 3.8) is 0 Å². The molecule has 0 aromatic rings. The first-order chi connectivity index (χ1) is 34.1. The van der Waals surface area contributed by atoms with Crippen molar-refractivity contribution >= 4 is 5.97 Å². The SMILES string of the molecule is CC/C=C\C/C=C\C/C=C\C/C=C\C/C=C\CCCCCCCCOCC(COC1OC(COC2OC(CO)C(O)C(O)C2O)C(O)C(O)C1O)OC(=O)CCCCCCC/C=C\C/C=C\CCCC. The van der Waals surface area contributed by atoms with Gasteiger partial charge in [-0.1, -0.05) is 157 Å². The van der Waals surface area contributed by atoms with Crippen LogP contribution < -0.4 is 0 Å². The van der Waals surface area contributed by atoms with Crippen molar-refractivity contribution in [3.05, 3.63) is 85.1 Å². The molecular formula is C56H94O14. The van der Waals surface area contributed by atoms with E-state index in [1.54, 1.807) is 0 Å². The summed E-state index contributed by atoms with van der Waals surface area (Å²) in [4.78, 5) is 13.0. The average Bonchev–Trinajstić information content (AvgIpc) is 3.36. The van der Waals surface area contributed by atoms with Crippen LogP contribution in [-0.2, 0) is 33.2 Å². The number of aliphatic hydroxyl groups is 7. The van der Waals surface area contributed by atoms with Crippen LogP contribution in [0.2, 0.25) is 0 Å². The Labute approximate surface area is 420 Å². The molecule has 0 aromatic heterocycles. The Morgan fingerprint density at radius 1 is 0.486 bits per heavy atom. The predicted octanol–water partition coefficient (Wildman–Crippen LogP) is 8.46. The summed E-state index contributed by atoms with van der Waals surface area (Å²) >= 11 is 0. The lowest BCUT2D eigenvalue weighted by Gasteiger charge is -2.42. The molecule has 0 aliphatic carbocycles. The van der Waals surface area contributed by atoms with E-state index in [1.165, 1.54) is 19.3 Å². The van der Waals surface area contributed by atoms with E-state index >= 15 is 0 Å². The lowest BCUT2D eigenvalue weighted by Crippen LogP contribution is -2.61. The molecule has 0 radical (unpaired) electrons. The third kappa shape index (κ3) is 29.6. The van der Waals surface area contributed by atoms with Gasteiger partial charge in [0.2, 0.25) is 0 Å². The minimum atomic E-state index is -1.72. The van der Waals surface area contributed by atoms with E-state index < -0.39 is 86.7 Å². The van der Waals surface area contributed by atoms with Crippen LogP contribution in [0, 0.1) is 0 Å². The molecule has 2 aliphatic heterocycles. The van der Waals surface area contributed by atoms with E-state index in [0.29, 0.717) is 13.0 Å². The largest absolute Gasteiger partial charge is 0.457 e. The Morgan fingerprint density at radius 3 is 1.46 bits per heavy atom. The maximum Gasteiger partial charge on any atom is 0.306 e. The molecule has 2 aliphatic rings. The molecule has 0 saturated carbocycles. The summed E-state index contributed by atoms with van der Waals surface area (Å²) in [7, 11) is 0. The molecule has 70 heavy (non-hydrogen) atoms. The summed E-state index contributed by atoms with van der Waals surface area (Å²) < 4.78 is 34.3. The second-order valence-corrected chi connectivity index (χ2v) is 18.3. The highest BCUT2D eigenvalue weighted by atomic mass is 16.7. The fourth-order valence-electron chi connectivity index (χ4n) is 7.80.